The van der Waals surface area contributed by atoms with E-state index in [1.54, 1.807) is 0 Å². The molecule has 0 heterocycles. The minimum absolute atomic E-state index is 0.163. The molecule has 0 aromatic carbocycles. The summed E-state index contributed by atoms with van der Waals surface area (Å²) in [6.45, 7) is 0.152. The van der Waals surface area contributed by atoms with Gasteiger partial charge in [0.05, 0.1) is 19.1 Å². The average molecular weight is 277 g/mol. The van der Waals surface area contributed by atoms with Gasteiger partial charge < -0.3 is 33.4 Å². The number of nitrogens with one attached hydrogen (secondary N) is 1. The Kier molecular flexibility index (Phi) is 13.2. The van der Waals surface area contributed by atoms with Gasteiger partial charge in [-0.1, -0.05) is 6.42 Å². The molecule has 19 heavy (non-hydrogen) atoms. The van der Waals surface area contributed by atoms with Crippen molar-refractivity contribution in [3.05, 3.63) is 0 Å². The highest BCUT2D eigenvalue weighted by Crippen LogP contribution is 1.97. The predicted octanol–water partition coefficient (Wildman–Crippen LogP) is -2.93. The van der Waals surface area contributed by atoms with Crippen molar-refractivity contribution < 1.29 is 19.5 Å². The number of rotatable bonds is 8. The summed E-state index contributed by atoms with van der Waals surface area (Å²) >= 11 is 0. The number of carboxylic acid groups (broad SMARTS) is 1. The van der Waals surface area contributed by atoms with Crippen molar-refractivity contribution in [3.63, 3.8) is 0 Å². The molecule has 0 bridgehead atoms. The summed E-state index contributed by atoms with van der Waals surface area (Å²) in [6, 6.07) is -0.583. The molecule has 0 radical (unpaired) electrons. The van der Waals surface area contributed by atoms with E-state index in [9.17, 15) is 14.4 Å². The van der Waals surface area contributed by atoms with E-state index in [0.717, 1.165) is 12.8 Å². The van der Waals surface area contributed by atoms with Gasteiger partial charge in [-0.15, -0.1) is 0 Å². The van der Waals surface area contributed by atoms with Crippen LogP contribution in [-0.4, -0.2) is 48.6 Å². The van der Waals surface area contributed by atoms with Crippen molar-refractivity contribution >= 4 is 17.8 Å². The predicted molar refractivity (Wildman–Crippen MR) is 69.8 cm³/mol. The van der Waals surface area contributed by atoms with Crippen molar-refractivity contribution in [2.45, 2.75) is 25.3 Å². The van der Waals surface area contributed by atoms with E-state index in [-0.39, 0.29) is 19.0 Å². The molecule has 0 fully saturated rings. The molecule has 112 valence electrons. The van der Waals surface area contributed by atoms with Gasteiger partial charge in [-0.3, -0.25) is 14.4 Å². The van der Waals surface area contributed by atoms with E-state index in [2.05, 4.69) is 11.1 Å². The summed E-state index contributed by atoms with van der Waals surface area (Å²) in [7, 11) is 0. The second-order valence-electron chi connectivity index (χ2n) is 3.67. The molecule has 10 N–H and O–H groups in total. The summed E-state index contributed by atoms with van der Waals surface area (Å²) < 4.78 is 0. The normalized spacial score (nSPS) is 10.9. The molecule has 0 aromatic heterocycles. The van der Waals surface area contributed by atoms with Crippen molar-refractivity contribution in [3.8, 4) is 0 Å². The largest absolute Gasteiger partial charge is 0.480 e. The Morgan fingerprint density at radius 3 is 2.05 bits per heavy atom. The minimum Gasteiger partial charge on any atom is -0.480 e. The van der Waals surface area contributed by atoms with Crippen molar-refractivity contribution in [2.75, 3.05) is 19.6 Å². The molecule has 1 atom stereocenters. The zero-order valence-corrected chi connectivity index (χ0v) is 10.8. The van der Waals surface area contributed by atoms with Gasteiger partial charge >= 0.3 is 5.97 Å². The Bertz CT molecular complexity index is 285. The topological polar surface area (TPSA) is 188 Å². The van der Waals surface area contributed by atoms with Crippen LogP contribution in [0.3, 0.4) is 0 Å². The lowest BCUT2D eigenvalue weighted by Gasteiger charge is -2.10. The number of primary amides is 1. The summed E-state index contributed by atoms with van der Waals surface area (Å²) in [5.74, 6) is -1.89. The maximum Gasteiger partial charge on any atom is 0.317 e. The SMILES string of the molecule is NCC(=O)O.NCCCCC(N)C(=O)NCC(N)=O. The van der Waals surface area contributed by atoms with Crippen LogP contribution in [0.2, 0.25) is 0 Å². The van der Waals surface area contributed by atoms with Crippen LogP contribution in [-0.2, 0) is 14.4 Å². The first-order valence-corrected chi connectivity index (χ1v) is 5.78. The molecule has 0 aliphatic rings. The lowest BCUT2D eigenvalue weighted by Crippen LogP contribution is -2.43. The van der Waals surface area contributed by atoms with Gasteiger partial charge in [0.2, 0.25) is 11.8 Å². The Labute approximate surface area is 111 Å². The number of amides is 2. The Morgan fingerprint density at radius 1 is 1.16 bits per heavy atom. The van der Waals surface area contributed by atoms with E-state index >= 15 is 0 Å². The minimum atomic E-state index is -0.968. The van der Waals surface area contributed by atoms with Crippen molar-refractivity contribution in [1.82, 2.24) is 5.32 Å². The number of aliphatic carboxylic acids is 1. The van der Waals surface area contributed by atoms with Crippen LogP contribution in [0.25, 0.3) is 0 Å². The first-order valence-electron chi connectivity index (χ1n) is 5.78. The molecule has 0 aromatic rings. The van der Waals surface area contributed by atoms with Crippen LogP contribution in [0.4, 0.5) is 0 Å². The summed E-state index contributed by atoms with van der Waals surface area (Å²) in [5, 5.41) is 9.94. The quantitative estimate of drug-likeness (QED) is 0.256. The maximum absolute atomic E-state index is 11.2. The highest BCUT2D eigenvalue weighted by molar-refractivity contribution is 5.86. The summed E-state index contributed by atoms with van der Waals surface area (Å²) in [6.07, 6.45) is 2.22. The standard InChI is InChI=1S/C8H18N4O2.C2H5NO2/c9-4-2-1-3-6(10)8(14)12-5-7(11)13;3-1-2(4)5/h6H,1-5,9-10H2,(H2,11,13)(H,12,14);1,3H2,(H,4,5). The lowest BCUT2D eigenvalue weighted by atomic mass is 10.1. The first kappa shape index (κ1) is 19.6. The van der Waals surface area contributed by atoms with Crippen molar-refractivity contribution in [2.24, 2.45) is 22.9 Å². The molecule has 9 nitrogen and oxygen atoms in total. The number of unbranched alkanes of at least 4 members (excludes halogenated alkanes) is 1. The number of carboxylic acids is 1. The summed E-state index contributed by atoms with van der Waals surface area (Å²) in [4.78, 5) is 30.7. The third-order valence-corrected chi connectivity index (χ3v) is 1.92. The molecule has 1 unspecified atom stereocenters. The molecule has 0 spiro atoms. The molecule has 0 aliphatic heterocycles. The van der Waals surface area contributed by atoms with Gasteiger partial charge in [0.15, 0.2) is 0 Å². The van der Waals surface area contributed by atoms with E-state index in [0.29, 0.717) is 13.0 Å². The Hall–Kier alpha value is -1.71. The highest BCUT2D eigenvalue weighted by atomic mass is 16.4. The molecule has 0 saturated heterocycles. The molecular formula is C10H23N5O4. The molecule has 0 rings (SSSR count). The zero-order valence-electron chi connectivity index (χ0n) is 10.8. The molecule has 0 aliphatic carbocycles. The second-order valence-corrected chi connectivity index (χ2v) is 3.67. The second kappa shape index (κ2) is 12.7. The number of nitrogens with two attached hydrogens (primary N) is 4. The van der Waals surface area contributed by atoms with Crippen LogP contribution in [0, 0.1) is 0 Å². The van der Waals surface area contributed by atoms with Gasteiger partial charge in [-0.25, -0.2) is 0 Å². The maximum atomic E-state index is 11.2. The van der Waals surface area contributed by atoms with Crippen molar-refractivity contribution in [1.29, 1.82) is 0 Å². The smallest absolute Gasteiger partial charge is 0.317 e. The summed E-state index contributed by atoms with van der Waals surface area (Å²) in [5.41, 5.74) is 20.2. The third-order valence-electron chi connectivity index (χ3n) is 1.92. The number of carbonyl (C=O) groups is 3. The molecular weight excluding hydrogens is 254 g/mol. The van der Waals surface area contributed by atoms with E-state index < -0.39 is 17.9 Å². The average Bonchev–Trinajstić information content (AvgIpc) is 2.36. The number of carbonyl (C=O) groups excluding carboxylic acids is 2. The molecule has 2 amide bonds. The van der Waals surface area contributed by atoms with Crippen LogP contribution < -0.4 is 28.3 Å². The van der Waals surface area contributed by atoms with E-state index in [1.807, 2.05) is 0 Å². The molecule has 9 heteroatoms. The Morgan fingerprint density at radius 2 is 1.68 bits per heavy atom. The van der Waals surface area contributed by atoms with Crippen LogP contribution in [0.1, 0.15) is 19.3 Å². The lowest BCUT2D eigenvalue weighted by molar-refractivity contribution is -0.135. The fraction of sp³-hybridized carbons (Fsp3) is 0.700. The Balaban J connectivity index is 0. The van der Waals surface area contributed by atoms with Gasteiger partial charge in [-0.05, 0) is 19.4 Å². The van der Waals surface area contributed by atoms with Crippen LogP contribution >= 0.6 is 0 Å². The van der Waals surface area contributed by atoms with Gasteiger partial charge in [0.25, 0.3) is 0 Å². The monoisotopic (exact) mass is 277 g/mol. The van der Waals surface area contributed by atoms with Gasteiger partial charge in [0, 0.05) is 0 Å². The zero-order chi connectivity index (χ0) is 15.3. The fourth-order valence-electron chi connectivity index (χ4n) is 0.945. The van der Waals surface area contributed by atoms with Crippen LogP contribution in [0.5, 0.6) is 0 Å². The first-order chi connectivity index (χ1) is 8.84. The van der Waals surface area contributed by atoms with Gasteiger partial charge in [-0.2, -0.15) is 0 Å². The van der Waals surface area contributed by atoms with Crippen LogP contribution in [0.15, 0.2) is 0 Å². The number of hydrogen-bond acceptors (Lipinski definition) is 6. The fourth-order valence-corrected chi connectivity index (χ4v) is 0.945. The highest BCUT2D eigenvalue weighted by Gasteiger charge is 2.12. The third kappa shape index (κ3) is 16.3. The van der Waals surface area contributed by atoms with E-state index in [4.69, 9.17) is 22.3 Å². The number of hydrogen-bond donors (Lipinski definition) is 6. The molecule has 0 saturated carbocycles. The van der Waals surface area contributed by atoms with Gasteiger partial charge in [0.1, 0.15) is 0 Å². The van der Waals surface area contributed by atoms with E-state index in [1.165, 1.54) is 0 Å².